The lowest BCUT2D eigenvalue weighted by atomic mass is 10.1. The van der Waals surface area contributed by atoms with Crippen molar-refractivity contribution in [3.63, 3.8) is 0 Å². The van der Waals surface area contributed by atoms with Crippen molar-refractivity contribution in [3.8, 4) is 0 Å². The molecule has 0 aromatic heterocycles. The van der Waals surface area contributed by atoms with Crippen LogP contribution in [0.15, 0.2) is 18.2 Å². The lowest BCUT2D eigenvalue weighted by molar-refractivity contribution is -0.385. The van der Waals surface area contributed by atoms with E-state index in [4.69, 9.17) is 0 Å². The Bertz CT molecular complexity index is 631. The quantitative estimate of drug-likeness (QED) is 0.632. The summed E-state index contributed by atoms with van der Waals surface area (Å²) in [5.41, 5.74) is -0.732. The molecule has 8 nitrogen and oxygen atoms in total. The molecule has 2 rings (SSSR count). The van der Waals surface area contributed by atoms with E-state index in [1.165, 1.54) is 7.05 Å². The van der Waals surface area contributed by atoms with Crippen LogP contribution < -0.4 is 5.32 Å². The molecule has 0 atom stereocenters. The van der Waals surface area contributed by atoms with Gasteiger partial charge in [-0.25, -0.2) is 4.39 Å². The third kappa shape index (κ3) is 4.01. The van der Waals surface area contributed by atoms with Crippen molar-refractivity contribution in [1.82, 2.24) is 15.1 Å². The SMILES string of the molecule is CN(CC(=O)N1CCNCC1)C(=O)c1ccc([N+](=O)[O-])cc1F. The Labute approximate surface area is 132 Å². The summed E-state index contributed by atoms with van der Waals surface area (Å²) in [4.78, 5) is 36.9. The van der Waals surface area contributed by atoms with Gasteiger partial charge in [-0.15, -0.1) is 0 Å². The number of non-ortho nitro benzene ring substituents is 1. The van der Waals surface area contributed by atoms with Crippen molar-refractivity contribution in [2.24, 2.45) is 0 Å². The van der Waals surface area contributed by atoms with E-state index in [9.17, 15) is 24.1 Å². The van der Waals surface area contributed by atoms with Crippen molar-refractivity contribution >= 4 is 17.5 Å². The molecule has 9 heteroatoms. The molecule has 0 saturated carbocycles. The second-order valence-electron chi connectivity index (χ2n) is 5.21. The van der Waals surface area contributed by atoms with Gasteiger partial charge in [-0.2, -0.15) is 0 Å². The summed E-state index contributed by atoms with van der Waals surface area (Å²) < 4.78 is 13.9. The van der Waals surface area contributed by atoms with Gasteiger partial charge < -0.3 is 15.1 Å². The monoisotopic (exact) mass is 324 g/mol. The predicted molar refractivity (Wildman–Crippen MR) is 79.5 cm³/mol. The van der Waals surface area contributed by atoms with Crippen LogP contribution in [0.3, 0.4) is 0 Å². The number of hydrogen-bond acceptors (Lipinski definition) is 5. The van der Waals surface area contributed by atoms with E-state index in [2.05, 4.69) is 5.32 Å². The van der Waals surface area contributed by atoms with E-state index in [1.54, 1.807) is 4.90 Å². The first-order valence-electron chi connectivity index (χ1n) is 7.08. The number of nitro groups is 1. The second-order valence-corrected chi connectivity index (χ2v) is 5.21. The topological polar surface area (TPSA) is 95.8 Å². The van der Waals surface area contributed by atoms with Crippen LogP contribution in [-0.2, 0) is 4.79 Å². The summed E-state index contributed by atoms with van der Waals surface area (Å²) in [6, 6.07) is 2.81. The van der Waals surface area contributed by atoms with Crippen LogP contribution in [0.25, 0.3) is 0 Å². The number of piperazine rings is 1. The Morgan fingerprint density at radius 3 is 2.61 bits per heavy atom. The lowest BCUT2D eigenvalue weighted by Gasteiger charge is -2.29. The Kier molecular flexibility index (Phi) is 5.22. The van der Waals surface area contributed by atoms with Crippen molar-refractivity contribution in [2.45, 2.75) is 0 Å². The van der Waals surface area contributed by atoms with Gasteiger partial charge in [0.2, 0.25) is 5.91 Å². The maximum absolute atomic E-state index is 13.9. The zero-order valence-corrected chi connectivity index (χ0v) is 12.6. The van der Waals surface area contributed by atoms with E-state index in [1.807, 2.05) is 0 Å². The smallest absolute Gasteiger partial charge is 0.272 e. The van der Waals surface area contributed by atoms with Gasteiger partial charge in [0, 0.05) is 39.3 Å². The Balaban J connectivity index is 2.04. The van der Waals surface area contributed by atoms with E-state index in [0.29, 0.717) is 32.2 Å². The van der Waals surface area contributed by atoms with Crippen molar-refractivity contribution < 1.29 is 18.9 Å². The number of hydrogen-bond donors (Lipinski definition) is 1. The number of likely N-dealkylation sites (N-methyl/N-ethyl adjacent to an activating group) is 1. The summed E-state index contributed by atoms with van der Waals surface area (Å²) in [6.07, 6.45) is 0. The highest BCUT2D eigenvalue weighted by molar-refractivity contribution is 5.96. The van der Waals surface area contributed by atoms with Crippen LogP contribution in [0, 0.1) is 15.9 Å². The fourth-order valence-corrected chi connectivity index (χ4v) is 2.29. The normalized spacial score (nSPS) is 14.4. The standard InChI is InChI=1S/C14H17FN4O4/c1-17(9-13(20)18-6-4-16-5-7-18)14(21)11-3-2-10(19(22)23)8-12(11)15/h2-3,8,16H,4-7,9H2,1H3. The molecule has 1 N–H and O–H groups in total. The van der Waals surface area contributed by atoms with E-state index in [-0.39, 0.29) is 18.0 Å². The third-order valence-corrected chi connectivity index (χ3v) is 3.58. The molecule has 2 amide bonds. The second kappa shape index (κ2) is 7.14. The maximum Gasteiger partial charge on any atom is 0.272 e. The zero-order chi connectivity index (χ0) is 17.0. The summed E-state index contributed by atoms with van der Waals surface area (Å²) in [6.45, 7) is 2.34. The highest BCUT2D eigenvalue weighted by atomic mass is 19.1. The van der Waals surface area contributed by atoms with Gasteiger partial charge >= 0.3 is 0 Å². The average Bonchev–Trinajstić information content (AvgIpc) is 2.54. The van der Waals surface area contributed by atoms with Crippen LogP contribution >= 0.6 is 0 Å². The Hall–Kier alpha value is -2.55. The molecule has 1 saturated heterocycles. The molecule has 0 radical (unpaired) electrons. The number of nitrogens with one attached hydrogen (secondary N) is 1. The minimum atomic E-state index is -0.981. The largest absolute Gasteiger partial charge is 0.339 e. The highest BCUT2D eigenvalue weighted by Gasteiger charge is 2.23. The van der Waals surface area contributed by atoms with Gasteiger partial charge in [0.15, 0.2) is 0 Å². The molecular formula is C14H17FN4O4. The van der Waals surface area contributed by atoms with Crippen molar-refractivity contribution in [1.29, 1.82) is 0 Å². The van der Waals surface area contributed by atoms with Gasteiger partial charge in [-0.05, 0) is 6.07 Å². The van der Waals surface area contributed by atoms with Crippen molar-refractivity contribution in [2.75, 3.05) is 39.8 Å². The molecule has 0 bridgehead atoms. The third-order valence-electron chi connectivity index (χ3n) is 3.58. The number of carbonyl (C=O) groups is 2. The highest BCUT2D eigenvalue weighted by Crippen LogP contribution is 2.17. The first-order chi connectivity index (χ1) is 10.9. The van der Waals surface area contributed by atoms with Gasteiger partial charge in [0.1, 0.15) is 5.82 Å². The van der Waals surface area contributed by atoms with Crippen LogP contribution in [-0.4, -0.2) is 66.3 Å². The summed E-state index contributed by atoms with van der Waals surface area (Å²) >= 11 is 0. The maximum atomic E-state index is 13.9. The average molecular weight is 324 g/mol. The molecule has 1 aliphatic heterocycles. The molecule has 1 aromatic carbocycles. The number of carbonyl (C=O) groups excluding carboxylic acids is 2. The van der Waals surface area contributed by atoms with Crippen LogP contribution in [0.1, 0.15) is 10.4 Å². The number of halogens is 1. The molecule has 23 heavy (non-hydrogen) atoms. The molecule has 0 unspecified atom stereocenters. The summed E-state index contributed by atoms with van der Waals surface area (Å²) in [7, 11) is 1.39. The molecule has 1 aromatic rings. The van der Waals surface area contributed by atoms with Gasteiger partial charge in [0.05, 0.1) is 23.1 Å². The number of benzene rings is 1. The number of nitro benzene ring substituents is 1. The van der Waals surface area contributed by atoms with Crippen LogP contribution in [0.5, 0.6) is 0 Å². The van der Waals surface area contributed by atoms with E-state index < -0.39 is 22.3 Å². The Morgan fingerprint density at radius 1 is 1.39 bits per heavy atom. The van der Waals surface area contributed by atoms with E-state index >= 15 is 0 Å². The minimum absolute atomic E-state index is 0.171. The van der Waals surface area contributed by atoms with Crippen LogP contribution in [0.2, 0.25) is 0 Å². The van der Waals surface area contributed by atoms with Crippen molar-refractivity contribution in [3.05, 3.63) is 39.7 Å². The van der Waals surface area contributed by atoms with Gasteiger partial charge in [-0.1, -0.05) is 0 Å². The fraction of sp³-hybridized carbons (Fsp3) is 0.429. The lowest BCUT2D eigenvalue weighted by Crippen LogP contribution is -2.49. The van der Waals surface area contributed by atoms with Gasteiger partial charge in [0.25, 0.3) is 11.6 Å². The summed E-state index contributed by atoms with van der Waals surface area (Å²) in [5, 5.41) is 13.7. The predicted octanol–water partition coefficient (Wildman–Crippen LogP) is 0.238. The first-order valence-corrected chi connectivity index (χ1v) is 7.08. The van der Waals surface area contributed by atoms with Crippen LogP contribution in [0.4, 0.5) is 10.1 Å². The summed E-state index contributed by atoms with van der Waals surface area (Å²) in [5.74, 6) is -1.89. The fourth-order valence-electron chi connectivity index (χ4n) is 2.29. The molecule has 1 heterocycles. The molecule has 0 aliphatic carbocycles. The molecular weight excluding hydrogens is 307 g/mol. The zero-order valence-electron chi connectivity index (χ0n) is 12.6. The van der Waals surface area contributed by atoms with Gasteiger partial charge in [-0.3, -0.25) is 19.7 Å². The number of amides is 2. The molecule has 1 aliphatic rings. The number of rotatable bonds is 4. The molecule has 124 valence electrons. The Morgan fingerprint density at radius 2 is 2.04 bits per heavy atom. The molecule has 1 fully saturated rings. The molecule has 0 spiro atoms. The van der Waals surface area contributed by atoms with E-state index in [0.717, 1.165) is 17.0 Å². The number of nitrogens with zero attached hydrogens (tertiary/aromatic N) is 3. The minimum Gasteiger partial charge on any atom is -0.339 e. The first kappa shape index (κ1) is 16.8.